The van der Waals surface area contributed by atoms with Gasteiger partial charge >= 0.3 is 0 Å². The lowest BCUT2D eigenvalue weighted by Gasteiger charge is -2.31. The molecule has 2 unspecified atom stereocenters. The Labute approximate surface area is 184 Å². The largest absolute Gasteiger partial charge is 0.340 e. The predicted octanol–water partition coefficient (Wildman–Crippen LogP) is 5.91. The first-order chi connectivity index (χ1) is 15.0. The fourth-order valence-electron chi connectivity index (χ4n) is 4.38. The standard InChI is InChI=1S/C26H28N4O/c1-5-31-26-29(20-10-6-8-17(2)14-20)24-25(30(26)21-11-7-9-18(3)15-21)28-23-16-19(4)12-13-22(23)27-24/h6-15,19,26H,5,16H2,1-4H3. The minimum absolute atomic E-state index is 0.353. The highest BCUT2D eigenvalue weighted by atomic mass is 16.5. The number of hydrogen-bond donors (Lipinski definition) is 0. The summed E-state index contributed by atoms with van der Waals surface area (Å²) in [6, 6.07) is 17.0. The summed E-state index contributed by atoms with van der Waals surface area (Å²) in [6.45, 7) is 9.05. The minimum atomic E-state index is -0.353. The number of fused-ring (bicyclic) bond motifs is 2. The Kier molecular flexibility index (Phi) is 4.98. The van der Waals surface area contributed by atoms with Gasteiger partial charge in [0.2, 0.25) is 6.35 Å². The maximum Gasteiger partial charge on any atom is 0.221 e. The first-order valence-electron chi connectivity index (χ1n) is 11.0. The lowest BCUT2D eigenvalue weighted by atomic mass is 9.98. The summed E-state index contributed by atoms with van der Waals surface area (Å²) in [4.78, 5) is 14.6. The smallest absolute Gasteiger partial charge is 0.221 e. The lowest BCUT2D eigenvalue weighted by molar-refractivity contribution is 0.0767. The SMILES string of the molecule is CCOC1N(c2cccc(C)c2)c2nc3c(nc2N1c1cccc(C)c1)CC(C)C=C3. The van der Waals surface area contributed by atoms with E-state index in [2.05, 4.69) is 91.3 Å². The normalized spacial score (nSPS) is 19.5. The van der Waals surface area contributed by atoms with E-state index in [1.807, 2.05) is 6.92 Å². The van der Waals surface area contributed by atoms with Crippen molar-refractivity contribution in [3.05, 3.63) is 77.1 Å². The van der Waals surface area contributed by atoms with Crippen LogP contribution in [0.1, 0.15) is 36.4 Å². The van der Waals surface area contributed by atoms with Gasteiger partial charge < -0.3 is 4.74 Å². The lowest BCUT2D eigenvalue weighted by Crippen LogP contribution is -2.41. The van der Waals surface area contributed by atoms with Crippen LogP contribution in [-0.2, 0) is 11.2 Å². The van der Waals surface area contributed by atoms with Gasteiger partial charge in [0.05, 0.1) is 11.4 Å². The second kappa shape index (κ2) is 7.82. The second-order valence-corrected chi connectivity index (χ2v) is 8.44. The number of aromatic nitrogens is 2. The van der Waals surface area contributed by atoms with Crippen molar-refractivity contribution in [1.82, 2.24) is 9.97 Å². The summed E-state index contributed by atoms with van der Waals surface area (Å²) in [7, 11) is 0. The zero-order valence-corrected chi connectivity index (χ0v) is 18.5. The molecule has 0 spiro atoms. The van der Waals surface area contributed by atoms with Crippen LogP contribution in [0.3, 0.4) is 0 Å². The Morgan fingerprint density at radius 2 is 1.55 bits per heavy atom. The van der Waals surface area contributed by atoms with Crippen LogP contribution >= 0.6 is 0 Å². The van der Waals surface area contributed by atoms with Gasteiger partial charge in [-0.1, -0.05) is 37.3 Å². The van der Waals surface area contributed by atoms with E-state index in [-0.39, 0.29) is 6.35 Å². The minimum Gasteiger partial charge on any atom is -0.340 e. The van der Waals surface area contributed by atoms with Crippen LogP contribution in [-0.4, -0.2) is 22.9 Å². The van der Waals surface area contributed by atoms with Gasteiger partial charge in [0.1, 0.15) is 0 Å². The van der Waals surface area contributed by atoms with Gasteiger partial charge in [-0.15, -0.1) is 0 Å². The zero-order valence-electron chi connectivity index (χ0n) is 18.5. The maximum absolute atomic E-state index is 6.34. The molecular weight excluding hydrogens is 384 g/mol. The summed E-state index contributed by atoms with van der Waals surface area (Å²) < 4.78 is 6.34. The number of aryl methyl sites for hydroxylation is 2. The number of benzene rings is 2. The quantitative estimate of drug-likeness (QED) is 0.533. The number of allylic oxidation sites excluding steroid dienone is 1. The van der Waals surface area contributed by atoms with Crippen LogP contribution < -0.4 is 9.80 Å². The molecule has 0 amide bonds. The molecule has 5 nitrogen and oxygen atoms in total. The molecule has 5 heteroatoms. The fraction of sp³-hybridized carbons (Fsp3) is 0.308. The van der Waals surface area contributed by atoms with E-state index in [4.69, 9.17) is 14.7 Å². The van der Waals surface area contributed by atoms with Crippen LogP contribution in [0.5, 0.6) is 0 Å². The van der Waals surface area contributed by atoms with Crippen molar-refractivity contribution < 1.29 is 4.74 Å². The van der Waals surface area contributed by atoms with Crippen molar-refractivity contribution in [2.24, 2.45) is 5.92 Å². The molecule has 1 aliphatic carbocycles. The Balaban J connectivity index is 1.74. The van der Waals surface area contributed by atoms with Crippen LogP contribution in [0.4, 0.5) is 23.0 Å². The molecule has 0 fully saturated rings. The molecule has 0 N–H and O–H groups in total. The monoisotopic (exact) mass is 412 g/mol. The van der Waals surface area contributed by atoms with Crippen molar-refractivity contribution in [2.45, 2.75) is 40.5 Å². The van der Waals surface area contributed by atoms with Gasteiger partial charge in [-0.2, -0.15) is 0 Å². The average Bonchev–Trinajstić information content (AvgIpc) is 3.05. The van der Waals surface area contributed by atoms with E-state index in [0.717, 1.165) is 40.8 Å². The topological polar surface area (TPSA) is 41.5 Å². The molecule has 0 saturated carbocycles. The Hall–Kier alpha value is -3.18. The molecule has 158 valence electrons. The highest BCUT2D eigenvalue weighted by molar-refractivity contribution is 5.84. The van der Waals surface area contributed by atoms with E-state index in [1.165, 1.54) is 11.1 Å². The summed E-state index contributed by atoms with van der Waals surface area (Å²) in [5, 5.41) is 0. The number of hydrogen-bond acceptors (Lipinski definition) is 5. The summed E-state index contributed by atoms with van der Waals surface area (Å²) >= 11 is 0. The van der Waals surface area contributed by atoms with Crippen LogP contribution in [0, 0.1) is 19.8 Å². The second-order valence-electron chi connectivity index (χ2n) is 8.44. The van der Waals surface area contributed by atoms with Crippen molar-refractivity contribution in [1.29, 1.82) is 0 Å². The highest BCUT2D eigenvalue weighted by Crippen LogP contribution is 2.47. The third-order valence-electron chi connectivity index (χ3n) is 5.83. The third-order valence-corrected chi connectivity index (χ3v) is 5.83. The Morgan fingerprint density at radius 3 is 2.13 bits per heavy atom. The number of ether oxygens (including phenoxy) is 1. The van der Waals surface area contributed by atoms with Gasteiger partial charge in [-0.05, 0) is 74.6 Å². The van der Waals surface area contributed by atoms with E-state index in [9.17, 15) is 0 Å². The molecule has 0 radical (unpaired) electrons. The molecule has 2 heterocycles. The first kappa shape index (κ1) is 19.8. The predicted molar refractivity (Wildman–Crippen MR) is 126 cm³/mol. The van der Waals surface area contributed by atoms with Gasteiger partial charge in [-0.25, -0.2) is 9.97 Å². The molecule has 2 aromatic carbocycles. The van der Waals surface area contributed by atoms with Gasteiger partial charge in [-0.3, -0.25) is 9.80 Å². The molecule has 1 aliphatic heterocycles. The first-order valence-corrected chi connectivity index (χ1v) is 11.0. The average molecular weight is 413 g/mol. The zero-order chi connectivity index (χ0) is 21.5. The molecule has 0 saturated heterocycles. The fourth-order valence-corrected chi connectivity index (χ4v) is 4.38. The number of nitrogens with zero attached hydrogens (tertiary/aromatic N) is 4. The molecule has 2 atom stereocenters. The Bertz CT molecular complexity index is 1160. The van der Waals surface area contributed by atoms with Crippen molar-refractivity contribution >= 4 is 29.1 Å². The van der Waals surface area contributed by atoms with Crippen molar-refractivity contribution in [2.75, 3.05) is 16.4 Å². The Morgan fingerprint density at radius 1 is 0.935 bits per heavy atom. The van der Waals surface area contributed by atoms with Crippen molar-refractivity contribution in [3.63, 3.8) is 0 Å². The molecule has 3 aromatic rings. The van der Waals surface area contributed by atoms with E-state index < -0.39 is 0 Å². The van der Waals surface area contributed by atoms with E-state index in [1.54, 1.807) is 0 Å². The van der Waals surface area contributed by atoms with Crippen molar-refractivity contribution in [3.8, 4) is 0 Å². The molecular formula is C26H28N4O. The molecule has 31 heavy (non-hydrogen) atoms. The maximum atomic E-state index is 6.34. The van der Waals surface area contributed by atoms with Gasteiger partial charge in [0, 0.05) is 18.0 Å². The summed E-state index contributed by atoms with van der Waals surface area (Å²) in [5.74, 6) is 2.15. The van der Waals surface area contributed by atoms with Crippen LogP contribution in [0.2, 0.25) is 0 Å². The third kappa shape index (κ3) is 3.49. The van der Waals surface area contributed by atoms with Crippen LogP contribution in [0.25, 0.3) is 6.08 Å². The summed E-state index contributed by atoms with van der Waals surface area (Å²) in [6.07, 6.45) is 4.87. The van der Waals surface area contributed by atoms with Gasteiger partial charge in [0.15, 0.2) is 11.6 Å². The summed E-state index contributed by atoms with van der Waals surface area (Å²) in [5.41, 5.74) is 6.51. The van der Waals surface area contributed by atoms with Gasteiger partial charge in [0.25, 0.3) is 0 Å². The molecule has 5 rings (SSSR count). The van der Waals surface area contributed by atoms with Crippen LogP contribution in [0.15, 0.2) is 54.6 Å². The van der Waals surface area contributed by atoms with E-state index >= 15 is 0 Å². The molecule has 1 aromatic heterocycles. The highest BCUT2D eigenvalue weighted by Gasteiger charge is 2.42. The number of anilines is 4. The van der Waals surface area contributed by atoms with E-state index in [0.29, 0.717) is 12.5 Å². The molecule has 0 bridgehead atoms. The number of rotatable bonds is 4. The molecule has 2 aliphatic rings.